The smallest absolute Gasteiger partial charge is 0.270 e. The molecule has 3 aromatic carbocycles. The minimum Gasteiger partial charge on any atom is -0.436 e. The van der Waals surface area contributed by atoms with E-state index in [1.165, 1.54) is 17.7 Å². The Kier molecular flexibility index (Phi) is 6.15. The number of carbonyl (C=O) groups excluding carboxylic acids is 1. The number of rotatable bonds is 6. The number of non-ortho nitro benzene ring substituents is 1. The number of benzene rings is 3. The van der Waals surface area contributed by atoms with Gasteiger partial charge in [0.2, 0.25) is 5.89 Å². The number of ether oxygens (including phenoxy) is 1. The predicted molar refractivity (Wildman–Crippen MR) is 133 cm³/mol. The lowest BCUT2D eigenvalue weighted by atomic mass is 10.1. The van der Waals surface area contributed by atoms with Crippen LogP contribution in [-0.4, -0.2) is 42.1 Å². The summed E-state index contributed by atoms with van der Waals surface area (Å²) in [6.07, 6.45) is 0.921. The molecule has 1 fully saturated rings. The van der Waals surface area contributed by atoms with E-state index in [9.17, 15) is 14.9 Å². The van der Waals surface area contributed by atoms with E-state index in [-0.39, 0.29) is 11.3 Å². The first kappa shape index (κ1) is 22.5. The standard InChI is InChI=1S/C26H24N4O5/c1-2-17-3-10-24-22(15-17)28-26(35-24)18-4-6-19(7-5-18)27-25(31)21-16-20(30(32)33)8-9-23(21)29-11-13-34-14-12-29/h3-10,15-16H,2,11-14H2,1H3,(H,27,31). The van der Waals surface area contributed by atoms with Crippen LogP contribution in [0.4, 0.5) is 17.1 Å². The average Bonchev–Trinajstić information content (AvgIpc) is 3.32. The van der Waals surface area contributed by atoms with E-state index < -0.39 is 10.8 Å². The average molecular weight is 473 g/mol. The van der Waals surface area contributed by atoms with Crippen molar-refractivity contribution in [2.24, 2.45) is 0 Å². The largest absolute Gasteiger partial charge is 0.436 e. The lowest BCUT2D eigenvalue weighted by Crippen LogP contribution is -2.37. The third-order valence-electron chi connectivity index (χ3n) is 6.04. The maximum absolute atomic E-state index is 13.2. The summed E-state index contributed by atoms with van der Waals surface area (Å²) >= 11 is 0. The maximum Gasteiger partial charge on any atom is 0.270 e. The highest BCUT2D eigenvalue weighted by Gasteiger charge is 2.22. The zero-order valence-electron chi connectivity index (χ0n) is 19.2. The van der Waals surface area contributed by atoms with Crippen LogP contribution in [0.1, 0.15) is 22.8 Å². The molecule has 0 bridgehead atoms. The summed E-state index contributed by atoms with van der Waals surface area (Å²) in [5, 5.41) is 14.2. The number of morpholine rings is 1. The normalized spacial score (nSPS) is 13.7. The molecule has 1 aliphatic heterocycles. The molecule has 35 heavy (non-hydrogen) atoms. The molecule has 0 unspecified atom stereocenters. The van der Waals surface area contributed by atoms with Crippen LogP contribution in [0.5, 0.6) is 0 Å². The lowest BCUT2D eigenvalue weighted by molar-refractivity contribution is -0.384. The number of hydrogen-bond donors (Lipinski definition) is 1. The summed E-state index contributed by atoms with van der Waals surface area (Å²) in [6, 6.07) is 17.5. The zero-order chi connectivity index (χ0) is 24.4. The number of nitrogens with zero attached hydrogens (tertiary/aromatic N) is 3. The highest BCUT2D eigenvalue weighted by atomic mass is 16.6. The number of carbonyl (C=O) groups is 1. The van der Waals surface area contributed by atoms with E-state index in [2.05, 4.69) is 17.2 Å². The Labute approximate surface area is 201 Å². The number of fused-ring (bicyclic) bond motifs is 1. The van der Waals surface area contributed by atoms with Crippen molar-refractivity contribution in [1.82, 2.24) is 4.98 Å². The fourth-order valence-electron chi connectivity index (χ4n) is 4.11. The van der Waals surface area contributed by atoms with Crippen molar-refractivity contribution in [3.63, 3.8) is 0 Å². The monoisotopic (exact) mass is 472 g/mol. The van der Waals surface area contributed by atoms with Gasteiger partial charge in [-0.25, -0.2) is 4.98 Å². The van der Waals surface area contributed by atoms with E-state index in [0.29, 0.717) is 43.6 Å². The van der Waals surface area contributed by atoms with Gasteiger partial charge in [0.25, 0.3) is 11.6 Å². The van der Waals surface area contributed by atoms with E-state index in [4.69, 9.17) is 9.15 Å². The number of oxazole rings is 1. The Hall–Kier alpha value is -4.24. The van der Waals surface area contributed by atoms with Gasteiger partial charge in [-0.05, 0) is 54.4 Å². The second-order valence-corrected chi connectivity index (χ2v) is 8.26. The molecular weight excluding hydrogens is 448 g/mol. The second kappa shape index (κ2) is 9.55. The number of aryl methyl sites for hydroxylation is 1. The molecule has 0 spiro atoms. The van der Waals surface area contributed by atoms with E-state index >= 15 is 0 Å². The molecule has 0 atom stereocenters. The Morgan fingerprint density at radius 1 is 1.09 bits per heavy atom. The summed E-state index contributed by atoms with van der Waals surface area (Å²) in [6.45, 7) is 4.38. The van der Waals surface area contributed by atoms with Crippen molar-refractivity contribution in [1.29, 1.82) is 0 Å². The van der Waals surface area contributed by atoms with Gasteiger partial charge in [0.1, 0.15) is 5.52 Å². The highest BCUT2D eigenvalue weighted by Crippen LogP contribution is 2.29. The van der Waals surface area contributed by atoms with E-state index in [1.54, 1.807) is 18.2 Å². The minimum atomic E-state index is -0.502. The van der Waals surface area contributed by atoms with E-state index in [1.807, 2.05) is 35.2 Å². The number of aromatic nitrogens is 1. The summed E-state index contributed by atoms with van der Waals surface area (Å²) in [4.78, 5) is 30.6. The van der Waals surface area contributed by atoms with Crippen LogP contribution in [-0.2, 0) is 11.2 Å². The molecule has 9 heteroatoms. The molecule has 4 aromatic rings. The van der Waals surface area contributed by atoms with E-state index in [0.717, 1.165) is 23.1 Å². The molecule has 1 amide bonds. The van der Waals surface area contributed by atoms with Crippen molar-refractivity contribution < 1.29 is 18.9 Å². The number of hydrogen-bond acceptors (Lipinski definition) is 7. The topological polar surface area (TPSA) is 111 Å². The highest BCUT2D eigenvalue weighted by molar-refractivity contribution is 6.08. The molecule has 1 saturated heterocycles. The molecule has 9 nitrogen and oxygen atoms in total. The van der Waals surface area contributed by atoms with Gasteiger partial charge < -0.3 is 19.4 Å². The van der Waals surface area contributed by atoms with Crippen molar-refractivity contribution in [2.45, 2.75) is 13.3 Å². The quantitative estimate of drug-likeness (QED) is 0.309. The number of nitrogens with one attached hydrogen (secondary N) is 1. The Balaban J connectivity index is 1.38. The molecule has 1 aliphatic rings. The molecule has 5 rings (SSSR count). The third-order valence-corrected chi connectivity index (χ3v) is 6.04. The molecular formula is C26H24N4O5. The summed E-state index contributed by atoms with van der Waals surface area (Å²) < 4.78 is 11.3. The van der Waals surface area contributed by atoms with Crippen LogP contribution < -0.4 is 10.2 Å². The molecule has 1 N–H and O–H groups in total. The van der Waals surface area contributed by atoms with Crippen LogP contribution >= 0.6 is 0 Å². The fraction of sp³-hybridized carbons (Fsp3) is 0.231. The first-order valence-corrected chi connectivity index (χ1v) is 11.4. The molecule has 178 valence electrons. The van der Waals surface area contributed by atoms with Gasteiger partial charge in [0.05, 0.1) is 29.4 Å². The van der Waals surface area contributed by atoms with Gasteiger partial charge in [-0.2, -0.15) is 0 Å². The summed E-state index contributed by atoms with van der Waals surface area (Å²) in [5.41, 5.74) is 4.80. The van der Waals surface area contributed by atoms with Gasteiger partial charge in [0, 0.05) is 36.5 Å². The number of nitro benzene ring substituents is 1. The van der Waals surface area contributed by atoms with Crippen molar-refractivity contribution >= 4 is 34.1 Å². The van der Waals surface area contributed by atoms with Crippen LogP contribution in [0, 0.1) is 10.1 Å². The Morgan fingerprint density at radius 3 is 2.57 bits per heavy atom. The number of nitro groups is 1. The van der Waals surface area contributed by atoms with Crippen LogP contribution in [0.2, 0.25) is 0 Å². The first-order valence-electron chi connectivity index (χ1n) is 11.4. The van der Waals surface area contributed by atoms with Gasteiger partial charge in [0.15, 0.2) is 5.58 Å². The molecule has 0 saturated carbocycles. The number of amides is 1. The third kappa shape index (κ3) is 4.71. The van der Waals surface area contributed by atoms with Crippen LogP contribution in [0.15, 0.2) is 65.1 Å². The summed E-state index contributed by atoms with van der Waals surface area (Å²) in [7, 11) is 0. The summed E-state index contributed by atoms with van der Waals surface area (Å²) in [5.74, 6) is 0.0799. The lowest BCUT2D eigenvalue weighted by Gasteiger charge is -2.30. The van der Waals surface area contributed by atoms with Crippen LogP contribution in [0.25, 0.3) is 22.6 Å². The van der Waals surface area contributed by atoms with Gasteiger partial charge in [-0.1, -0.05) is 13.0 Å². The first-order chi connectivity index (χ1) is 17.0. The second-order valence-electron chi connectivity index (χ2n) is 8.26. The van der Waals surface area contributed by atoms with Crippen LogP contribution in [0.3, 0.4) is 0 Å². The zero-order valence-corrected chi connectivity index (χ0v) is 19.2. The van der Waals surface area contributed by atoms with Crippen molar-refractivity contribution in [3.8, 4) is 11.5 Å². The van der Waals surface area contributed by atoms with Crippen molar-refractivity contribution in [3.05, 3.63) is 81.9 Å². The molecule has 1 aromatic heterocycles. The SMILES string of the molecule is CCc1ccc2oc(-c3ccc(NC(=O)c4cc([N+](=O)[O-])ccc4N4CCOCC4)cc3)nc2c1. The fourth-order valence-corrected chi connectivity index (χ4v) is 4.11. The van der Waals surface area contributed by atoms with Gasteiger partial charge in [-0.3, -0.25) is 14.9 Å². The maximum atomic E-state index is 13.2. The van der Waals surface area contributed by atoms with Gasteiger partial charge >= 0.3 is 0 Å². The minimum absolute atomic E-state index is 0.135. The van der Waals surface area contributed by atoms with Crippen molar-refractivity contribution in [2.75, 3.05) is 36.5 Å². The molecule has 2 heterocycles. The Morgan fingerprint density at radius 2 is 1.86 bits per heavy atom. The van der Waals surface area contributed by atoms with Gasteiger partial charge in [-0.15, -0.1) is 0 Å². The Bertz CT molecular complexity index is 1390. The molecule has 0 aliphatic carbocycles. The number of anilines is 2. The molecule has 0 radical (unpaired) electrons. The predicted octanol–water partition coefficient (Wildman–Crippen LogP) is 5.05.